The summed E-state index contributed by atoms with van der Waals surface area (Å²) in [5, 5.41) is 13.8. The fourth-order valence-corrected chi connectivity index (χ4v) is 3.93. The maximum atomic E-state index is 11.1. The molecule has 5 heteroatoms. The van der Waals surface area contributed by atoms with Crippen molar-refractivity contribution in [3.8, 4) is 0 Å². The Labute approximate surface area is 118 Å². The number of hydrogen-bond acceptors (Lipinski definition) is 4. The van der Waals surface area contributed by atoms with Crippen LogP contribution >= 0.6 is 11.3 Å². The molecule has 106 valence electrons. The Balaban J connectivity index is 1.91. The lowest BCUT2D eigenvalue weighted by molar-refractivity contribution is -0.142. The zero-order valence-electron chi connectivity index (χ0n) is 11.8. The van der Waals surface area contributed by atoms with Gasteiger partial charge in [-0.15, -0.1) is 11.3 Å². The Morgan fingerprint density at radius 1 is 1.53 bits per heavy atom. The molecular weight excluding hydrogens is 260 g/mol. The van der Waals surface area contributed by atoms with E-state index in [9.17, 15) is 9.90 Å². The number of aromatic nitrogens is 1. The van der Waals surface area contributed by atoms with Gasteiger partial charge in [-0.1, -0.05) is 6.42 Å². The van der Waals surface area contributed by atoms with E-state index in [2.05, 4.69) is 17.2 Å². The van der Waals surface area contributed by atoms with Crippen LogP contribution in [0.2, 0.25) is 0 Å². The standard InChI is InChI=1S/C14H22N2O2S/c1-8(13-9(2)16-10(3)19-13)15-7-11-5-4-6-12(11)14(17)18/h8,11-12,15H,4-7H2,1-3H3,(H,17,18). The van der Waals surface area contributed by atoms with Crippen molar-refractivity contribution >= 4 is 17.3 Å². The lowest BCUT2D eigenvalue weighted by Gasteiger charge is -2.19. The lowest BCUT2D eigenvalue weighted by Crippen LogP contribution is -2.30. The average Bonchev–Trinajstić information content (AvgIpc) is 2.92. The van der Waals surface area contributed by atoms with Gasteiger partial charge in [-0.25, -0.2) is 4.98 Å². The van der Waals surface area contributed by atoms with Crippen molar-refractivity contribution in [1.82, 2.24) is 10.3 Å². The van der Waals surface area contributed by atoms with E-state index in [1.807, 2.05) is 13.8 Å². The summed E-state index contributed by atoms with van der Waals surface area (Å²) in [6.07, 6.45) is 2.89. The van der Waals surface area contributed by atoms with Crippen molar-refractivity contribution < 1.29 is 9.90 Å². The van der Waals surface area contributed by atoms with Gasteiger partial charge in [0.2, 0.25) is 0 Å². The van der Waals surface area contributed by atoms with Crippen molar-refractivity contribution in [2.75, 3.05) is 6.54 Å². The average molecular weight is 282 g/mol. The molecule has 3 atom stereocenters. The number of carboxylic acid groups (broad SMARTS) is 1. The number of nitrogens with one attached hydrogen (secondary N) is 1. The third kappa shape index (κ3) is 3.34. The fraction of sp³-hybridized carbons (Fsp3) is 0.714. The van der Waals surface area contributed by atoms with Crippen LogP contribution in [0.25, 0.3) is 0 Å². The predicted octanol–water partition coefficient (Wildman–Crippen LogP) is 2.91. The van der Waals surface area contributed by atoms with Gasteiger partial charge in [0.1, 0.15) is 0 Å². The Morgan fingerprint density at radius 2 is 2.26 bits per heavy atom. The van der Waals surface area contributed by atoms with E-state index in [1.165, 1.54) is 4.88 Å². The molecule has 1 heterocycles. The zero-order valence-corrected chi connectivity index (χ0v) is 12.6. The molecule has 2 N–H and O–H groups in total. The minimum Gasteiger partial charge on any atom is -0.481 e. The SMILES string of the molecule is Cc1nc(C)c(C(C)NCC2CCCC2C(=O)O)s1. The van der Waals surface area contributed by atoms with Crippen LogP contribution in [0, 0.1) is 25.7 Å². The summed E-state index contributed by atoms with van der Waals surface area (Å²) in [5.74, 6) is -0.528. The van der Waals surface area contributed by atoms with Gasteiger partial charge in [-0.2, -0.15) is 0 Å². The Kier molecular flexibility index (Phi) is 4.58. The normalized spacial score (nSPS) is 24.6. The van der Waals surface area contributed by atoms with Crippen molar-refractivity contribution in [1.29, 1.82) is 0 Å². The van der Waals surface area contributed by atoms with Crippen molar-refractivity contribution in [2.45, 2.75) is 46.1 Å². The number of nitrogens with zero attached hydrogens (tertiary/aromatic N) is 1. The number of carboxylic acids is 1. The number of rotatable bonds is 5. The molecule has 19 heavy (non-hydrogen) atoms. The molecule has 1 saturated carbocycles. The Bertz CT molecular complexity index is 458. The first kappa shape index (κ1) is 14.5. The van der Waals surface area contributed by atoms with Crippen LogP contribution in [0.15, 0.2) is 0 Å². The summed E-state index contributed by atoms with van der Waals surface area (Å²) < 4.78 is 0. The molecule has 0 saturated heterocycles. The second kappa shape index (κ2) is 6.01. The van der Waals surface area contributed by atoms with Gasteiger partial charge in [0.15, 0.2) is 0 Å². The van der Waals surface area contributed by atoms with Gasteiger partial charge in [0.05, 0.1) is 16.6 Å². The minimum absolute atomic E-state index is 0.163. The molecule has 1 aliphatic rings. The summed E-state index contributed by atoms with van der Waals surface area (Å²) in [7, 11) is 0. The molecule has 1 fully saturated rings. The maximum Gasteiger partial charge on any atom is 0.306 e. The molecule has 0 bridgehead atoms. The maximum absolute atomic E-state index is 11.1. The van der Waals surface area contributed by atoms with Crippen LogP contribution in [-0.4, -0.2) is 22.6 Å². The highest BCUT2D eigenvalue weighted by Gasteiger charge is 2.32. The molecule has 1 aromatic rings. The van der Waals surface area contributed by atoms with Crippen LogP contribution < -0.4 is 5.32 Å². The van der Waals surface area contributed by atoms with E-state index in [-0.39, 0.29) is 17.9 Å². The number of hydrogen-bond donors (Lipinski definition) is 2. The molecule has 0 amide bonds. The van der Waals surface area contributed by atoms with E-state index in [0.717, 1.165) is 36.5 Å². The first-order chi connectivity index (χ1) is 8.99. The topological polar surface area (TPSA) is 62.2 Å². The second-order valence-electron chi connectivity index (χ2n) is 5.45. The summed E-state index contributed by atoms with van der Waals surface area (Å²) >= 11 is 1.72. The first-order valence-corrected chi connectivity index (χ1v) is 7.70. The van der Waals surface area contributed by atoms with E-state index in [4.69, 9.17) is 0 Å². The smallest absolute Gasteiger partial charge is 0.306 e. The monoisotopic (exact) mass is 282 g/mol. The van der Waals surface area contributed by atoms with Crippen molar-refractivity contribution in [3.05, 3.63) is 15.6 Å². The van der Waals surface area contributed by atoms with E-state index >= 15 is 0 Å². The second-order valence-corrected chi connectivity index (χ2v) is 6.68. The molecule has 0 radical (unpaired) electrons. The number of aliphatic carboxylic acids is 1. The summed E-state index contributed by atoms with van der Waals surface area (Å²) in [6.45, 7) is 6.97. The number of thiazole rings is 1. The Hall–Kier alpha value is -0.940. The highest BCUT2D eigenvalue weighted by molar-refractivity contribution is 7.11. The largest absolute Gasteiger partial charge is 0.481 e. The molecule has 2 rings (SSSR count). The van der Waals surface area contributed by atoms with Gasteiger partial charge in [0, 0.05) is 10.9 Å². The van der Waals surface area contributed by atoms with Crippen LogP contribution in [0.4, 0.5) is 0 Å². The Morgan fingerprint density at radius 3 is 2.84 bits per heavy atom. The third-order valence-electron chi connectivity index (χ3n) is 4.00. The lowest BCUT2D eigenvalue weighted by atomic mass is 9.96. The molecule has 3 unspecified atom stereocenters. The highest BCUT2D eigenvalue weighted by atomic mass is 32.1. The van der Waals surface area contributed by atoms with Crippen LogP contribution in [0.3, 0.4) is 0 Å². The molecule has 4 nitrogen and oxygen atoms in total. The van der Waals surface area contributed by atoms with Crippen LogP contribution in [0.5, 0.6) is 0 Å². The van der Waals surface area contributed by atoms with Crippen molar-refractivity contribution in [3.63, 3.8) is 0 Å². The third-order valence-corrected chi connectivity index (χ3v) is 5.25. The predicted molar refractivity (Wildman–Crippen MR) is 76.5 cm³/mol. The van der Waals surface area contributed by atoms with Gasteiger partial charge >= 0.3 is 5.97 Å². The zero-order chi connectivity index (χ0) is 14.0. The summed E-state index contributed by atoms with van der Waals surface area (Å²) in [6, 6.07) is 0.251. The van der Waals surface area contributed by atoms with Gasteiger partial charge < -0.3 is 10.4 Å². The first-order valence-electron chi connectivity index (χ1n) is 6.89. The summed E-state index contributed by atoms with van der Waals surface area (Å²) in [5.41, 5.74) is 1.09. The molecular formula is C14H22N2O2S. The van der Waals surface area contributed by atoms with Crippen LogP contribution in [-0.2, 0) is 4.79 Å². The van der Waals surface area contributed by atoms with Crippen molar-refractivity contribution in [2.24, 2.45) is 11.8 Å². The van der Waals surface area contributed by atoms with Crippen LogP contribution in [0.1, 0.15) is 47.8 Å². The van der Waals surface area contributed by atoms with Gasteiger partial charge in [0.25, 0.3) is 0 Å². The molecule has 0 aliphatic heterocycles. The summed E-state index contributed by atoms with van der Waals surface area (Å²) in [4.78, 5) is 16.9. The number of carbonyl (C=O) groups is 1. The molecule has 1 aliphatic carbocycles. The van der Waals surface area contributed by atoms with Gasteiger partial charge in [-0.05, 0) is 46.1 Å². The fourth-order valence-electron chi connectivity index (χ4n) is 2.98. The van der Waals surface area contributed by atoms with E-state index in [1.54, 1.807) is 11.3 Å². The van der Waals surface area contributed by atoms with E-state index < -0.39 is 5.97 Å². The quantitative estimate of drug-likeness (QED) is 0.871. The molecule has 1 aromatic heterocycles. The molecule has 0 aromatic carbocycles. The molecule has 0 spiro atoms. The highest BCUT2D eigenvalue weighted by Crippen LogP contribution is 2.32. The minimum atomic E-state index is -0.637. The van der Waals surface area contributed by atoms with E-state index in [0.29, 0.717) is 0 Å². The number of aryl methyl sites for hydroxylation is 2. The van der Waals surface area contributed by atoms with Gasteiger partial charge in [-0.3, -0.25) is 4.79 Å².